The summed E-state index contributed by atoms with van der Waals surface area (Å²) >= 11 is 6.97. The molecule has 1 heterocycles. The number of ether oxygens (including phenoxy) is 1. The van der Waals surface area contributed by atoms with E-state index >= 15 is 0 Å². The number of hydrogen-bond donors (Lipinski definition) is 2. The second kappa shape index (κ2) is 10.5. The zero-order chi connectivity index (χ0) is 21.4. The maximum Gasteiger partial charge on any atom is 0.307 e. The fraction of sp³-hybridized carbons (Fsp3) is 0.278. The van der Waals surface area contributed by atoms with Crippen LogP contribution in [-0.4, -0.2) is 39.2 Å². The summed E-state index contributed by atoms with van der Waals surface area (Å²) in [4.78, 5) is 35.9. The van der Waals surface area contributed by atoms with Crippen molar-refractivity contribution in [3.8, 4) is 0 Å². The van der Waals surface area contributed by atoms with Gasteiger partial charge in [-0.1, -0.05) is 17.7 Å². The summed E-state index contributed by atoms with van der Waals surface area (Å²) in [5, 5.41) is 2.90. The lowest BCUT2D eigenvalue weighted by molar-refractivity contribution is -0.142. The number of nitrogens with one attached hydrogen (secondary N) is 2. The predicted molar refractivity (Wildman–Crippen MR) is 108 cm³/mol. The van der Waals surface area contributed by atoms with Gasteiger partial charge in [-0.15, -0.1) is 11.3 Å². The van der Waals surface area contributed by atoms with Gasteiger partial charge >= 0.3 is 5.97 Å². The number of Topliss-reactive ketones (excluding diaryl/α,β-unsaturated/α-hetero) is 1. The largest absolute Gasteiger partial charge is 0.457 e. The van der Waals surface area contributed by atoms with Crippen molar-refractivity contribution in [2.45, 2.75) is 24.8 Å². The molecule has 0 unspecified atom stereocenters. The molecule has 8 nitrogen and oxygen atoms in total. The van der Waals surface area contributed by atoms with Crippen LogP contribution in [0.5, 0.6) is 0 Å². The summed E-state index contributed by atoms with van der Waals surface area (Å²) < 4.78 is 31.4. The SMILES string of the molecule is CC(=O)NCc1ccc(C(=O)COC(=O)CCNS(=O)(=O)c2cccc(Cl)c2)s1. The highest BCUT2D eigenvalue weighted by Gasteiger charge is 2.16. The first kappa shape index (κ1) is 23.0. The Hall–Kier alpha value is -2.27. The first-order valence-corrected chi connectivity index (χ1v) is 11.1. The lowest BCUT2D eigenvalue weighted by Gasteiger charge is -2.07. The smallest absolute Gasteiger partial charge is 0.307 e. The van der Waals surface area contributed by atoms with Gasteiger partial charge in [0.05, 0.1) is 22.7 Å². The third-order valence-corrected chi connectivity index (χ3v) is 6.36. The molecule has 0 aliphatic carbocycles. The highest BCUT2D eigenvalue weighted by molar-refractivity contribution is 7.89. The van der Waals surface area contributed by atoms with Gasteiger partial charge in [0.15, 0.2) is 6.61 Å². The molecule has 0 saturated carbocycles. The highest BCUT2D eigenvalue weighted by Crippen LogP contribution is 2.17. The van der Waals surface area contributed by atoms with Crippen LogP contribution in [0.4, 0.5) is 0 Å². The first-order valence-electron chi connectivity index (χ1n) is 8.44. The Morgan fingerprint density at radius 3 is 2.62 bits per heavy atom. The van der Waals surface area contributed by atoms with Crippen LogP contribution < -0.4 is 10.0 Å². The van der Waals surface area contributed by atoms with Crippen molar-refractivity contribution < 1.29 is 27.5 Å². The number of esters is 1. The average molecular weight is 459 g/mol. The van der Waals surface area contributed by atoms with E-state index in [2.05, 4.69) is 10.0 Å². The normalized spacial score (nSPS) is 11.1. The zero-order valence-corrected chi connectivity index (χ0v) is 17.8. The molecule has 0 aliphatic rings. The molecule has 1 aromatic carbocycles. The van der Waals surface area contributed by atoms with Gasteiger partial charge in [0.25, 0.3) is 0 Å². The number of carbonyl (C=O) groups excluding carboxylic acids is 3. The summed E-state index contributed by atoms with van der Waals surface area (Å²) in [6.07, 6.45) is -0.231. The van der Waals surface area contributed by atoms with E-state index in [1.165, 1.54) is 36.5 Å². The molecule has 2 N–H and O–H groups in total. The van der Waals surface area contributed by atoms with Crippen molar-refractivity contribution in [1.29, 1.82) is 0 Å². The van der Waals surface area contributed by atoms with Crippen molar-refractivity contribution in [3.63, 3.8) is 0 Å². The Kier molecular flexibility index (Phi) is 8.32. The Bertz CT molecular complexity index is 1000. The molecule has 11 heteroatoms. The number of amides is 1. The summed E-state index contributed by atoms with van der Waals surface area (Å²) in [6, 6.07) is 9.03. The van der Waals surface area contributed by atoms with Gasteiger partial charge in [-0.2, -0.15) is 0 Å². The second-order valence-corrected chi connectivity index (χ2v) is 9.24. The van der Waals surface area contributed by atoms with E-state index in [4.69, 9.17) is 16.3 Å². The number of sulfonamides is 1. The molecular formula is C18H19ClN2O6S2. The van der Waals surface area contributed by atoms with E-state index in [0.29, 0.717) is 11.4 Å². The fourth-order valence-corrected chi connectivity index (χ4v) is 4.33. The van der Waals surface area contributed by atoms with Gasteiger partial charge in [0, 0.05) is 23.4 Å². The number of benzene rings is 1. The standard InChI is InChI=1S/C18H19ClN2O6S2/c1-12(22)20-10-14-5-6-17(28-14)16(23)11-27-18(24)7-8-21-29(25,26)15-4-2-3-13(19)9-15/h2-6,9,21H,7-8,10-11H2,1H3,(H,20,22). The predicted octanol–water partition coefficient (Wildman–Crippen LogP) is 2.13. The van der Waals surface area contributed by atoms with Gasteiger partial charge in [0.2, 0.25) is 21.7 Å². The van der Waals surface area contributed by atoms with Gasteiger partial charge in [-0.25, -0.2) is 13.1 Å². The molecule has 1 amide bonds. The average Bonchev–Trinajstić information content (AvgIpc) is 3.13. The topological polar surface area (TPSA) is 119 Å². The van der Waals surface area contributed by atoms with Crippen molar-refractivity contribution in [3.05, 3.63) is 51.2 Å². The summed E-state index contributed by atoms with van der Waals surface area (Å²) in [5.74, 6) is -1.26. The van der Waals surface area contributed by atoms with Crippen molar-refractivity contribution in [2.24, 2.45) is 0 Å². The minimum absolute atomic E-state index is 0.0127. The van der Waals surface area contributed by atoms with E-state index in [1.54, 1.807) is 18.2 Å². The van der Waals surface area contributed by atoms with Crippen LogP contribution in [0.2, 0.25) is 5.02 Å². The number of carbonyl (C=O) groups is 3. The molecule has 0 radical (unpaired) electrons. The van der Waals surface area contributed by atoms with Crippen LogP contribution in [-0.2, 0) is 30.9 Å². The number of ketones is 1. The molecular weight excluding hydrogens is 440 g/mol. The van der Waals surface area contributed by atoms with E-state index in [1.807, 2.05) is 0 Å². The lowest BCUT2D eigenvalue weighted by atomic mass is 10.3. The minimum Gasteiger partial charge on any atom is -0.457 e. The maximum absolute atomic E-state index is 12.1. The first-order chi connectivity index (χ1) is 13.7. The second-order valence-electron chi connectivity index (χ2n) is 5.86. The highest BCUT2D eigenvalue weighted by atomic mass is 35.5. The van der Waals surface area contributed by atoms with Gasteiger partial charge in [-0.3, -0.25) is 14.4 Å². The Labute approximate surface area is 177 Å². The van der Waals surface area contributed by atoms with Gasteiger partial charge in [0.1, 0.15) is 0 Å². The summed E-state index contributed by atoms with van der Waals surface area (Å²) in [6.45, 7) is 1.09. The minimum atomic E-state index is -3.80. The molecule has 1 aromatic heterocycles. The van der Waals surface area contributed by atoms with E-state index < -0.39 is 22.6 Å². The summed E-state index contributed by atoms with van der Waals surface area (Å²) in [7, 11) is -3.80. The quantitative estimate of drug-likeness (QED) is 0.416. The molecule has 2 aromatic rings. The van der Waals surface area contributed by atoms with Crippen LogP contribution in [0.15, 0.2) is 41.3 Å². The van der Waals surface area contributed by atoms with Gasteiger partial charge < -0.3 is 10.1 Å². The van der Waals surface area contributed by atoms with Crippen LogP contribution in [0.3, 0.4) is 0 Å². The van der Waals surface area contributed by atoms with Crippen molar-refractivity contribution in [2.75, 3.05) is 13.2 Å². The van der Waals surface area contributed by atoms with Crippen LogP contribution >= 0.6 is 22.9 Å². The third-order valence-electron chi connectivity index (χ3n) is 3.54. The van der Waals surface area contributed by atoms with Crippen LogP contribution in [0, 0.1) is 0 Å². The van der Waals surface area contributed by atoms with Crippen molar-refractivity contribution >= 4 is 50.6 Å². The van der Waals surface area contributed by atoms with Crippen molar-refractivity contribution in [1.82, 2.24) is 10.0 Å². The summed E-state index contributed by atoms with van der Waals surface area (Å²) in [5.41, 5.74) is 0. The van der Waals surface area contributed by atoms with Crippen LogP contribution in [0.25, 0.3) is 0 Å². The molecule has 0 atom stereocenters. The molecule has 2 rings (SSSR count). The molecule has 156 valence electrons. The fourth-order valence-electron chi connectivity index (χ4n) is 2.13. The Morgan fingerprint density at radius 1 is 1.17 bits per heavy atom. The molecule has 0 spiro atoms. The van der Waals surface area contributed by atoms with Gasteiger partial charge in [-0.05, 0) is 30.3 Å². The molecule has 0 bridgehead atoms. The van der Waals surface area contributed by atoms with E-state index in [-0.39, 0.29) is 34.6 Å². The third kappa shape index (κ3) is 7.58. The van der Waals surface area contributed by atoms with Crippen LogP contribution in [0.1, 0.15) is 27.9 Å². The number of rotatable bonds is 10. The van der Waals surface area contributed by atoms with E-state index in [9.17, 15) is 22.8 Å². The Balaban J connectivity index is 1.75. The lowest BCUT2D eigenvalue weighted by Crippen LogP contribution is -2.27. The monoisotopic (exact) mass is 458 g/mol. The van der Waals surface area contributed by atoms with E-state index in [0.717, 1.165) is 4.88 Å². The molecule has 0 saturated heterocycles. The zero-order valence-electron chi connectivity index (χ0n) is 15.4. The Morgan fingerprint density at radius 2 is 1.93 bits per heavy atom. The number of halogens is 1. The molecule has 0 aliphatic heterocycles. The maximum atomic E-state index is 12.1. The molecule has 29 heavy (non-hydrogen) atoms. The number of thiophene rings is 1. The molecule has 0 fully saturated rings. The number of hydrogen-bond acceptors (Lipinski definition) is 7.